The SMILES string of the molecule is C=CC(Cl)C[Si](Cl)Cl. The van der Waals surface area contributed by atoms with E-state index in [4.69, 9.17) is 33.8 Å². The summed E-state index contributed by atoms with van der Waals surface area (Å²) in [5.41, 5.74) is 0. The fraction of sp³-hybridized carbons (Fsp3) is 0.500. The molecule has 47 valence electrons. The molecule has 0 fully saturated rings. The summed E-state index contributed by atoms with van der Waals surface area (Å²) < 4.78 is 0. The number of hydrogen-bond donors (Lipinski definition) is 0. The van der Waals surface area contributed by atoms with E-state index in [0.717, 1.165) is 0 Å². The molecule has 0 aromatic carbocycles. The number of allylic oxidation sites excluding steroid dienone is 1. The predicted octanol–water partition coefficient (Wildman–Crippen LogP) is 2.75. The van der Waals surface area contributed by atoms with Gasteiger partial charge in [-0.15, -0.1) is 40.3 Å². The first-order chi connectivity index (χ1) is 3.66. The summed E-state index contributed by atoms with van der Waals surface area (Å²) in [6, 6.07) is 0.666. The van der Waals surface area contributed by atoms with Crippen LogP contribution in [-0.4, -0.2) is 12.8 Å². The van der Waals surface area contributed by atoms with Crippen LogP contribution in [0.4, 0.5) is 0 Å². The summed E-state index contributed by atoms with van der Waals surface area (Å²) in [4.78, 5) is 0. The van der Waals surface area contributed by atoms with Crippen molar-refractivity contribution in [1.82, 2.24) is 0 Å². The van der Waals surface area contributed by atoms with Crippen molar-refractivity contribution >= 4 is 41.2 Å². The van der Waals surface area contributed by atoms with E-state index in [1.807, 2.05) is 0 Å². The van der Waals surface area contributed by atoms with Gasteiger partial charge in [0.1, 0.15) is 0 Å². The first-order valence-electron chi connectivity index (χ1n) is 2.10. The monoisotopic (exact) mass is 187 g/mol. The smallest absolute Gasteiger partial charge is 0.147 e. The lowest BCUT2D eigenvalue weighted by molar-refractivity contribution is 1.22. The number of rotatable bonds is 3. The second-order valence-electron chi connectivity index (χ2n) is 1.29. The molecule has 8 heavy (non-hydrogen) atoms. The lowest BCUT2D eigenvalue weighted by atomic mass is 10.5. The van der Waals surface area contributed by atoms with Gasteiger partial charge in [0.25, 0.3) is 7.42 Å². The molecule has 4 heteroatoms. The third-order valence-electron chi connectivity index (χ3n) is 0.605. The third kappa shape index (κ3) is 4.97. The summed E-state index contributed by atoms with van der Waals surface area (Å²) >= 11 is 16.6. The summed E-state index contributed by atoms with van der Waals surface area (Å²) in [7, 11) is -1.20. The van der Waals surface area contributed by atoms with Crippen LogP contribution < -0.4 is 0 Å². The summed E-state index contributed by atoms with van der Waals surface area (Å²) in [6.45, 7) is 3.48. The Morgan fingerprint density at radius 2 is 2.12 bits per heavy atom. The van der Waals surface area contributed by atoms with Gasteiger partial charge in [0.2, 0.25) is 0 Å². The summed E-state index contributed by atoms with van der Waals surface area (Å²) in [6.07, 6.45) is 1.64. The molecule has 0 nitrogen and oxygen atoms in total. The Kier molecular flexibility index (Phi) is 5.17. The Hall–Kier alpha value is 0.827. The van der Waals surface area contributed by atoms with Gasteiger partial charge < -0.3 is 0 Å². The molecule has 0 bridgehead atoms. The molecule has 0 aliphatic carbocycles. The van der Waals surface area contributed by atoms with Crippen LogP contribution in [-0.2, 0) is 0 Å². The van der Waals surface area contributed by atoms with Crippen molar-refractivity contribution < 1.29 is 0 Å². The van der Waals surface area contributed by atoms with Crippen LogP contribution in [0.3, 0.4) is 0 Å². The normalized spacial score (nSPS) is 14.0. The van der Waals surface area contributed by atoms with E-state index in [0.29, 0.717) is 6.04 Å². The van der Waals surface area contributed by atoms with Gasteiger partial charge >= 0.3 is 0 Å². The topological polar surface area (TPSA) is 0 Å². The summed E-state index contributed by atoms with van der Waals surface area (Å²) in [5.74, 6) is 0. The van der Waals surface area contributed by atoms with E-state index in [2.05, 4.69) is 6.58 Å². The van der Waals surface area contributed by atoms with Gasteiger partial charge in [-0.1, -0.05) is 6.08 Å². The van der Waals surface area contributed by atoms with Crippen molar-refractivity contribution in [1.29, 1.82) is 0 Å². The maximum Gasteiger partial charge on any atom is 0.275 e. The molecular formula is C4H6Cl3Si. The van der Waals surface area contributed by atoms with Gasteiger partial charge in [-0.25, -0.2) is 0 Å². The average molecular weight is 189 g/mol. The lowest BCUT2D eigenvalue weighted by Gasteiger charge is -1.98. The zero-order valence-corrected chi connectivity index (χ0v) is 7.47. The Balaban J connectivity index is 3.23. The second kappa shape index (κ2) is 4.68. The molecule has 0 saturated heterocycles. The van der Waals surface area contributed by atoms with E-state index < -0.39 is 7.42 Å². The van der Waals surface area contributed by atoms with Crippen molar-refractivity contribution in [2.75, 3.05) is 0 Å². The molecule has 0 aliphatic heterocycles. The van der Waals surface area contributed by atoms with Crippen molar-refractivity contribution in [3.8, 4) is 0 Å². The molecule has 0 N–H and O–H groups in total. The molecular weight excluding hydrogens is 182 g/mol. The molecule has 0 amide bonds. The van der Waals surface area contributed by atoms with Crippen LogP contribution in [0.25, 0.3) is 0 Å². The quantitative estimate of drug-likeness (QED) is 0.277. The van der Waals surface area contributed by atoms with Gasteiger partial charge in [-0.2, -0.15) is 0 Å². The van der Waals surface area contributed by atoms with Crippen LogP contribution in [0.2, 0.25) is 6.04 Å². The Morgan fingerprint density at radius 3 is 2.25 bits per heavy atom. The van der Waals surface area contributed by atoms with Crippen molar-refractivity contribution in [2.24, 2.45) is 0 Å². The fourth-order valence-corrected chi connectivity index (χ4v) is 2.63. The molecule has 1 atom stereocenters. The minimum Gasteiger partial charge on any atom is -0.147 e. The zero-order valence-electron chi connectivity index (χ0n) is 4.20. The number of hydrogen-bond acceptors (Lipinski definition) is 0. The van der Waals surface area contributed by atoms with E-state index >= 15 is 0 Å². The van der Waals surface area contributed by atoms with Crippen LogP contribution in [0.5, 0.6) is 0 Å². The minimum absolute atomic E-state index is 0.0566. The molecule has 0 aromatic heterocycles. The van der Waals surface area contributed by atoms with Crippen molar-refractivity contribution in [3.63, 3.8) is 0 Å². The maximum atomic E-state index is 5.60. The average Bonchev–Trinajstić information content (AvgIpc) is 1.65. The molecule has 0 spiro atoms. The largest absolute Gasteiger partial charge is 0.275 e. The standard InChI is InChI=1S/C4H6Cl3Si/c1-2-4(5)3-8(6)7/h2,4H,1,3H2. The summed E-state index contributed by atoms with van der Waals surface area (Å²) in [5, 5.41) is -0.0566. The molecule has 0 aliphatic rings. The van der Waals surface area contributed by atoms with Crippen LogP contribution in [0.1, 0.15) is 0 Å². The highest BCUT2D eigenvalue weighted by atomic mass is 35.7. The first-order valence-corrected chi connectivity index (χ1v) is 6.27. The first kappa shape index (κ1) is 8.83. The highest BCUT2D eigenvalue weighted by molar-refractivity contribution is 7.33. The predicted molar refractivity (Wildman–Crippen MR) is 42.1 cm³/mol. The molecule has 1 radical (unpaired) electrons. The van der Waals surface area contributed by atoms with Crippen molar-refractivity contribution in [2.45, 2.75) is 11.4 Å². The Labute approximate surface area is 65.4 Å². The molecule has 0 rings (SSSR count). The third-order valence-corrected chi connectivity index (χ3v) is 2.87. The number of halogens is 3. The second-order valence-corrected chi connectivity index (χ2v) is 6.26. The highest BCUT2D eigenvalue weighted by Crippen LogP contribution is 2.12. The maximum absolute atomic E-state index is 5.60. The Bertz CT molecular complexity index is 73.7. The molecule has 1 unspecified atom stereocenters. The van der Waals surface area contributed by atoms with Crippen molar-refractivity contribution in [3.05, 3.63) is 12.7 Å². The van der Waals surface area contributed by atoms with Gasteiger partial charge in [0, 0.05) is 0 Å². The van der Waals surface area contributed by atoms with Crippen LogP contribution in [0.15, 0.2) is 12.7 Å². The highest BCUT2D eigenvalue weighted by Gasteiger charge is 2.07. The van der Waals surface area contributed by atoms with Crippen LogP contribution in [0, 0.1) is 0 Å². The van der Waals surface area contributed by atoms with Gasteiger partial charge in [-0.3, -0.25) is 0 Å². The Morgan fingerprint density at radius 1 is 1.62 bits per heavy atom. The van der Waals surface area contributed by atoms with E-state index in [1.165, 1.54) is 0 Å². The molecule has 0 aromatic rings. The van der Waals surface area contributed by atoms with Crippen LogP contribution >= 0.6 is 33.8 Å². The fourth-order valence-electron chi connectivity index (χ4n) is 0.231. The van der Waals surface area contributed by atoms with Gasteiger partial charge in [0.05, 0.1) is 5.38 Å². The van der Waals surface area contributed by atoms with Gasteiger partial charge in [0.15, 0.2) is 0 Å². The zero-order chi connectivity index (χ0) is 6.57. The van der Waals surface area contributed by atoms with Gasteiger partial charge in [-0.05, 0) is 6.04 Å². The van der Waals surface area contributed by atoms with E-state index in [-0.39, 0.29) is 5.38 Å². The lowest BCUT2D eigenvalue weighted by Crippen LogP contribution is -2.01. The minimum atomic E-state index is -1.20. The molecule has 0 heterocycles. The number of alkyl halides is 1. The molecule has 0 saturated carbocycles. The van der Waals surface area contributed by atoms with E-state index in [9.17, 15) is 0 Å². The van der Waals surface area contributed by atoms with E-state index in [1.54, 1.807) is 6.08 Å².